The summed E-state index contributed by atoms with van der Waals surface area (Å²) in [5, 5.41) is 16.9. The van der Waals surface area contributed by atoms with E-state index in [2.05, 4.69) is 25.8 Å². The summed E-state index contributed by atoms with van der Waals surface area (Å²) in [5.74, 6) is 0.161. The lowest BCUT2D eigenvalue weighted by atomic mass is 10.3. The highest BCUT2D eigenvalue weighted by atomic mass is 32.2. The van der Waals surface area contributed by atoms with Crippen LogP contribution in [0.25, 0.3) is 5.69 Å². The molecule has 0 saturated heterocycles. The molecule has 0 bridgehead atoms. The van der Waals surface area contributed by atoms with Crippen molar-refractivity contribution in [3.63, 3.8) is 0 Å². The molecule has 152 valence electrons. The maximum absolute atomic E-state index is 12.2. The molecule has 0 spiro atoms. The summed E-state index contributed by atoms with van der Waals surface area (Å²) in [6.45, 7) is 2.06. The first-order valence-corrected chi connectivity index (χ1v) is 10.4. The lowest BCUT2D eigenvalue weighted by Gasteiger charge is -2.06. The largest absolute Gasteiger partial charge is 0.497 e. The van der Waals surface area contributed by atoms with Crippen LogP contribution < -0.4 is 10.1 Å². The van der Waals surface area contributed by atoms with E-state index < -0.39 is 0 Å². The van der Waals surface area contributed by atoms with Crippen molar-refractivity contribution in [3.05, 3.63) is 35.3 Å². The number of carbonyl (C=O) groups excluding carboxylic acids is 2. The zero-order valence-electron chi connectivity index (χ0n) is 15.7. The molecule has 1 aromatic carbocycles. The van der Waals surface area contributed by atoms with Gasteiger partial charge >= 0.3 is 5.97 Å². The van der Waals surface area contributed by atoms with Crippen LogP contribution in [0.5, 0.6) is 5.75 Å². The second-order valence-electron chi connectivity index (χ2n) is 5.54. The predicted octanol–water partition coefficient (Wildman–Crippen LogP) is 1.96. The van der Waals surface area contributed by atoms with Gasteiger partial charge in [0.15, 0.2) is 5.13 Å². The zero-order chi connectivity index (χ0) is 20.6. The molecule has 3 aromatic rings. The van der Waals surface area contributed by atoms with E-state index in [4.69, 9.17) is 9.47 Å². The number of aromatic nitrogens is 5. The first-order chi connectivity index (χ1) is 14.1. The highest BCUT2D eigenvalue weighted by molar-refractivity contribution is 7.99. The summed E-state index contributed by atoms with van der Waals surface area (Å²) < 4.78 is 11.6. The molecule has 0 saturated carbocycles. The van der Waals surface area contributed by atoms with Crippen molar-refractivity contribution < 1.29 is 19.1 Å². The number of thiazole rings is 1. The average molecular weight is 435 g/mol. The van der Waals surface area contributed by atoms with Gasteiger partial charge in [-0.2, -0.15) is 4.68 Å². The van der Waals surface area contributed by atoms with Gasteiger partial charge in [0.25, 0.3) is 0 Å². The van der Waals surface area contributed by atoms with Crippen molar-refractivity contribution in [2.24, 2.45) is 0 Å². The Morgan fingerprint density at radius 2 is 2.21 bits per heavy atom. The minimum atomic E-state index is -0.351. The molecule has 0 aliphatic carbocycles. The number of hydrogen-bond donors (Lipinski definition) is 1. The van der Waals surface area contributed by atoms with Gasteiger partial charge in [-0.05, 0) is 29.5 Å². The second-order valence-corrected chi connectivity index (χ2v) is 7.34. The Morgan fingerprint density at radius 1 is 1.34 bits per heavy atom. The first-order valence-electron chi connectivity index (χ1n) is 8.54. The fourth-order valence-electron chi connectivity index (χ4n) is 2.26. The minimum Gasteiger partial charge on any atom is -0.497 e. The third-order valence-corrected chi connectivity index (χ3v) is 5.23. The number of amides is 1. The summed E-state index contributed by atoms with van der Waals surface area (Å²) >= 11 is 2.44. The van der Waals surface area contributed by atoms with Crippen molar-refractivity contribution in [2.45, 2.75) is 18.5 Å². The van der Waals surface area contributed by atoms with Crippen molar-refractivity contribution in [3.8, 4) is 11.4 Å². The maximum Gasteiger partial charge on any atom is 0.311 e. The maximum atomic E-state index is 12.2. The van der Waals surface area contributed by atoms with Gasteiger partial charge in [0.05, 0.1) is 37.3 Å². The highest BCUT2D eigenvalue weighted by Gasteiger charge is 2.14. The molecule has 2 aromatic heterocycles. The zero-order valence-corrected chi connectivity index (χ0v) is 17.3. The Morgan fingerprint density at radius 3 is 3.00 bits per heavy atom. The molecule has 29 heavy (non-hydrogen) atoms. The standard InChI is InChI=1S/C17H18N6O4S2/c1-3-27-15(25)7-11-9-28-16(18-11)19-14(24)10-29-17-20-21-22-23(17)12-5-4-6-13(8-12)26-2/h4-6,8-9H,3,7,10H2,1-2H3,(H,18,19,24). The quantitative estimate of drug-likeness (QED) is 0.398. The normalized spacial score (nSPS) is 10.6. The Kier molecular flexibility index (Phi) is 7.14. The van der Waals surface area contributed by atoms with Gasteiger partial charge in [-0.15, -0.1) is 16.4 Å². The van der Waals surface area contributed by atoms with Crippen LogP contribution in [0, 0.1) is 0 Å². The summed E-state index contributed by atoms with van der Waals surface area (Å²) in [4.78, 5) is 27.9. The predicted molar refractivity (Wildman–Crippen MR) is 108 cm³/mol. The number of esters is 1. The van der Waals surface area contributed by atoms with Crippen LogP contribution in [-0.2, 0) is 20.7 Å². The number of tetrazole rings is 1. The van der Waals surface area contributed by atoms with E-state index in [0.29, 0.717) is 28.3 Å². The topological polar surface area (TPSA) is 121 Å². The van der Waals surface area contributed by atoms with Crippen molar-refractivity contribution >= 4 is 40.1 Å². The van der Waals surface area contributed by atoms with Crippen LogP contribution in [0.1, 0.15) is 12.6 Å². The number of methoxy groups -OCH3 is 1. The summed E-state index contributed by atoms with van der Waals surface area (Å²) in [5.41, 5.74) is 1.28. The molecule has 0 fully saturated rings. The number of carbonyl (C=O) groups is 2. The van der Waals surface area contributed by atoms with E-state index in [1.54, 1.807) is 25.5 Å². The van der Waals surface area contributed by atoms with Crippen molar-refractivity contribution in [2.75, 3.05) is 24.8 Å². The van der Waals surface area contributed by atoms with Crippen LogP contribution in [0.15, 0.2) is 34.8 Å². The fraction of sp³-hybridized carbons (Fsp3) is 0.294. The molecular formula is C17H18N6O4S2. The number of rotatable bonds is 9. The Balaban J connectivity index is 1.56. The first kappa shape index (κ1) is 20.7. The molecule has 0 aliphatic rings. The summed E-state index contributed by atoms with van der Waals surface area (Å²) in [6.07, 6.45) is 0.0737. The van der Waals surface area contributed by atoms with E-state index in [0.717, 1.165) is 5.69 Å². The lowest BCUT2D eigenvalue weighted by Crippen LogP contribution is -2.15. The van der Waals surface area contributed by atoms with Gasteiger partial charge in [0, 0.05) is 11.4 Å². The molecule has 1 amide bonds. The molecule has 2 heterocycles. The molecule has 12 heteroatoms. The molecule has 1 N–H and O–H groups in total. The van der Waals surface area contributed by atoms with Crippen molar-refractivity contribution in [1.29, 1.82) is 0 Å². The van der Waals surface area contributed by atoms with E-state index >= 15 is 0 Å². The number of anilines is 1. The molecule has 0 atom stereocenters. The van der Waals surface area contributed by atoms with E-state index in [1.165, 1.54) is 27.8 Å². The number of nitrogens with zero attached hydrogens (tertiary/aromatic N) is 5. The van der Waals surface area contributed by atoms with Gasteiger partial charge in [-0.3, -0.25) is 9.59 Å². The van der Waals surface area contributed by atoms with Gasteiger partial charge in [0.2, 0.25) is 11.1 Å². The molecule has 3 rings (SSSR count). The number of nitrogens with one attached hydrogen (secondary N) is 1. The summed E-state index contributed by atoms with van der Waals surface area (Å²) in [7, 11) is 1.58. The van der Waals surface area contributed by atoms with Gasteiger partial charge in [0.1, 0.15) is 5.75 Å². The molecule has 0 radical (unpaired) electrons. The Labute approximate surface area is 174 Å². The third-order valence-electron chi connectivity index (χ3n) is 3.50. The second kappa shape index (κ2) is 9.98. The molecular weight excluding hydrogens is 416 g/mol. The number of hydrogen-bond acceptors (Lipinski definition) is 10. The monoisotopic (exact) mass is 434 g/mol. The van der Waals surface area contributed by atoms with Gasteiger partial charge in [-0.25, -0.2) is 4.98 Å². The minimum absolute atomic E-state index is 0.0737. The van der Waals surface area contributed by atoms with E-state index in [-0.39, 0.29) is 24.1 Å². The number of ether oxygens (including phenoxy) is 2. The van der Waals surface area contributed by atoms with E-state index in [9.17, 15) is 9.59 Å². The van der Waals surface area contributed by atoms with Crippen LogP contribution in [0.3, 0.4) is 0 Å². The number of thioether (sulfide) groups is 1. The average Bonchev–Trinajstić information content (AvgIpc) is 3.36. The van der Waals surface area contributed by atoms with Crippen molar-refractivity contribution in [1.82, 2.24) is 25.2 Å². The SMILES string of the molecule is CCOC(=O)Cc1csc(NC(=O)CSc2nnnn2-c2cccc(OC)c2)n1. The Bertz CT molecular complexity index is 990. The molecule has 10 nitrogen and oxygen atoms in total. The fourth-order valence-corrected chi connectivity index (χ4v) is 3.68. The van der Waals surface area contributed by atoms with Crippen LogP contribution >= 0.6 is 23.1 Å². The molecule has 0 unspecified atom stereocenters. The number of benzene rings is 1. The van der Waals surface area contributed by atoms with E-state index in [1.807, 2.05) is 18.2 Å². The van der Waals surface area contributed by atoms with Crippen LogP contribution in [0.2, 0.25) is 0 Å². The Hall–Kier alpha value is -2.99. The lowest BCUT2D eigenvalue weighted by molar-refractivity contribution is -0.142. The van der Waals surface area contributed by atoms with Crippen LogP contribution in [0.4, 0.5) is 5.13 Å². The smallest absolute Gasteiger partial charge is 0.311 e. The third kappa shape index (κ3) is 5.74. The molecule has 0 aliphatic heterocycles. The van der Waals surface area contributed by atoms with Gasteiger partial charge < -0.3 is 14.8 Å². The summed E-state index contributed by atoms with van der Waals surface area (Å²) in [6, 6.07) is 7.27. The highest BCUT2D eigenvalue weighted by Crippen LogP contribution is 2.22. The van der Waals surface area contributed by atoms with Crippen LogP contribution in [-0.4, -0.2) is 56.5 Å². The van der Waals surface area contributed by atoms with Gasteiger partial charge in [-0.1, -0.05) is 17.8 Å².